The molecule has 1 rings (SSSR count). The van der Waals surface area contributed by atoms with Crippen molar-refractivity contribution in [1.82, 2.24) is 5.32 Å². The van der Waals surface area contributed by atoms with Gasteiger partial charge in [-0.2, -0.15) is 0 Å². The van der Waals surface area contributed by atoms with E-state index in [1.165, 1.54) is 0 Å². The Morgan fingerprint density at radius 3 is 1.32 bits per heavy atom. The molecule has 0 bridgehead atoms. The van der Waals surface area contributed by atoms with E-state index in [2.05, 4.69) is 5.32 Å². The number of amides is 1. The van der Waals surface area contributed by atoms with Crippen LogP contribution in [-0.2, 0) is 49.1 Å². The van der Waals surface area contributed by atoms with Gasteiger partial charge in [0.05, 0.1) is 112 Å². The Bertz CT molecular complexity index is 776. The van der Waals surface area contributed by atoms with E-state index in [9.17, 15) is 4.79 Å². The molecule has 13 nitrogen and oxygen atoms in total. The molecule has 0 saturated carbocycles. The molecular formula is C31H55NO12. The predicted octanol–water partition coefficient (Wildman–Crippen LogP) is 2.26. The molecular weight excluding hydrogens is 578 g/mol. The minimum Gasteiger partial charge on any atom is -0.491 e. The van der Waals surface area contributed by atoms with E-state index in [0.29, 0.717) is 125 Å². The Labute approximate surface area is 262 Å². The molecule has 0 saturated heterocycles. The fraction of sp³-hybridized carbons (Fsp3) is 0.774. The van der Waals surface area contributed by atoms with Crippen LogP contribution in [0.4, 0.5) is 4.79 Å². The van der Waals surface area contributed by atoms with Crippen molar-refractivity contribution >= 4 is 6.09 Å². The molecule has 0 aliphatic heterocycles. The highest BCUT2D eigenvalue weighted by Crippen LogP contribution is 2.12. The molecule has 0 atom stereocenters. The minimum absolute atomic E-state index is 0.0225. The fourth-order valence-corrected chi connectivity index (χ4v) is 3.30. The first-order valence-corrected chi connectivity index (χ1v) is 15.3. The molecule has 2 N–H and O–H groups in total. The SMILES string of the molecule is CC(C)(C)OC(=O)NCCc1ccc(OCCOCCOCCOCCOCCOCCOCCOCCOCCO)cc1. The van der Waals surface area contributed by atoms with Crippen LogP contribution in [0.2, 0.25) is 0 Å². The summed E-state index contributed by atoms with van der Waals surface area (Å²) in [6.07, 6.45) is 0.297. The summed E-state index contributed by atoms with van der Waals surface area (Å²) in [6, 6.07) is 7.76. The number of nitrogens with one attached hydrogen (secondary N) is 1. The Morgan fingerprint density at radius 2 is 0.955 bits per heavy atom. The molecule has 256 valence electrons. The molecule has 44 heavy (non-hydrogen) atoms. The van der Waals surface area contributed by atoms with Gasteiger partial charge in [-0.25, -0.2) is 4.79 Å². The summed E-state index contributed by atoms with van der Waals surface area (Å²) >= 11 is 0. The second-order valence-corrected chi connectivity index (χ2v) is 10.3. The first-order chi connectivity index (χ1) is 21.4. The number of alkyl carbamates (subject to hydrolysis) is 1. The second-order valence-electron chi connectivity index (χ2n) is 10.3. The number of rotatable bonds is 30. The van der Waals surface area contributed by atoms with Crippen LogP contribution in [0.1, 0.15) is 26.3 Å². The Hall–Kier alpha value is -2.07. The monoisotopic (exact) mass is 633 g/mol. The average molecular weight is 634 g/mol. The highest BCUT2D eigenvalue weighted by Gasteiger charge is 2.15. The summed E-state index contributed by atoms with van der Waals surface area (Å²) in [4.78, 5) is 11.7. The van der Waals surface area contributed by atoms with Crippen molar-refractivity contribution in [3.63, 3.8) is 0 Å². The van der Waals surface area contributed by atoms with Crippen LogP contribution in [0.15, 0.2) is 24.3 Å². The van der Waals surface area contributed by atoms with Gasteiger partial charge in [-0.1, -0.05) is 12.1 Å². The van der Waals surface area contributed by atoms with E-state index in [1.807, 2.05) is 45.0 Å². The highest BCUT2D eigenvalue weighted by atomic mass is 16.6. The maximum atomic E-state index is 11.7. The molecule has 0 aromatic heterocycles. The van der Waals surface area contributed by atoms with Gasteiger partial charge in [0, 0.05) is 6.54 Å². The van der Waals surface area contributed by atoms with Crippen molar-refractivity contribution < 1.29 is 57.3 Å². The third-order valence-electron chi connectivity index (χ3n) is 5.34. The van der Waals surface area contributed by atoms with Crippen LogP contribution < -0.4 is 10.1 Å². The molecule has 0 heterocycles. The lowest BCUT2D eigenvalue weighted by Crippen LogP contribution is -2.33. The van der Waals surface area contributed by atoms with Gasteiger partial charge in [-0.05, 0) is 44.9 Å². The normalized spacial score (nSPS) is 11.5. The maximum Gasteiger partial charge on any atom is 0.407 e. The van der Waals surface area contributed by atoms with E-state index in [0.717, 1.165) is 11.3 Å². The Morgan fingerprint density at radius 1 is 0.591 bits per heavy atom. The van der Waals surface area contributed by atoms with Crippen molar-refractivity contribution in [3.8, 4) is 5.75 Å². The van der Waals surface area contributed by atoms with Crippen LogP contribution in [0.25, 0.3) is 0 Å². The quantitative estimate of drug-likeness (QED) is 0.120. The topological polar surface area (TPSA) is 142 Å². The lowest BCUT2D eigenvalue weighted by Gasteiger charge is -2.19. The number of hydrogen-bond acceptors (Lipinski definition) is 12. The molecule has 0 fully saturated rings. The van der Waals surface area contributed by atoms with Crippen molar-refractivity contribution in [1.29, 1.82) is 0 Å². The van der Waals surface area contributed by atoms with Crippen LogP contribution in [0, 0.1) is 0 Å². The zero-order valence-corrected chi connectivity index (χ0v) is 26.9. The van der Waals surface area contributed by atoms with Gasteiger partial charge in [0.2, 0.25) is 0 Å². The number of aliphatic hydroxyl groups excluding tert-OH is 1. The van der Waals surface area contributed by atoms with Crippen LogP contribution in [0.5, 0.6) is 5.75 Å². The summed E-state index contributed by atoms with van der Waals surface area (Å²) in [5.74, 6) is 0.767. The van der Waals surface area contributed by atoms with Crippen molar-refractivity contribution in [2.75, 3.05) is 125 Å². The smallest absolute Gasteiger partial charge is 0.407 e. The van der Waals surface area contributed by atoms with Crippen LogP contribution in [-0.4, -0.2) is 142 Å². The van der Waals surface area contributed by atoms with E-state index in [-0.39, 0.29) is 6.61 Å². The van der Waals surface area contributed by atoms with Gasteiger partial charge < -0.3 is 57.8 Å². The standard InChI is InChI=1S/C31H55NO12/c1-31(2,3)44-30(34)32-9-8-28-4-6-29(7-5-28)43-27-26-42-25-24-41-23-22-40-21-20-39-19-18-38-17-16-37-15-14-36-13-12-35-11-10-33/h4-7,33H,8-27H2,1-3H3,(H,32,34). The number of ether oxygens (including phenoxy) is 10. The van der Waals surface area contributed by atoms with Crippen LogP contribution in [0.3, 0.4) is 0 Å². The van der Waals surface area contributed by atoms with Gasteiger partial charge >= 0.3 is 6.09 Å². The van der Waals surface area contributed by atoms with E-state index in [4.69, 9.17) is 52.5 Å². The third kappa shape index (κ3) is 27.5. The third-order valence-corrected chi connectivity index (χ3v) is 5.34. The lowest BCUT2D eigenvalue weighted by molar-refractivity contribution is -0.0242. The first-order valence-electron chi connectivity index (χ1n) is 15.3. The zero-order valence-electron chi connectivity index (χ0n) is 26.9. The van der Waals surface area contributed by atoms with Gasteiger partial charge in [-0.15, -0.1) is 0 Å². The van der Waals surface area contributed by atoms with Gasteiger partial charge in [0.1, 0.15) is 18.0 Å². The van der Waals surface area contributed by atoms with Gasteiger partial charge in [-0.3, -0.25) is 0 Å². The molecule has 13 heteroatoms. The fourth-order valence-electron chi connectivity index (χ4n) is 3.30. The van der Waals surface area contributed by atoms with E-state index < -0.39 is 11.7 Å². The minimum atomic E-state index is -0.502. The highest BCUT2D eigenvalue weighted by molar-refractivity contribution is 5.67. The van der Waals surface area contributed by atoms with E-state index >= 15 is 0 Å². The second kappa shape index (κ2) is 28.4. The zero-order chi connectivity index (χ0) is 32.0. The molecule has 0 aliphatic carbocycles. The largest absolute Gasteiger partial charge is 0.491 e. The lowest BCUT2D eigenvalue weighted by atomic mass is 10.1. The molecule has 1 aromatic rings. The number of carbonyl (C=O) groups is 1. The molecule has 0 radical (unpaired) electrons. The summed E-state index contributed by atoms with van der Waals surface area (Å²) in [6.45, 7) is 14.2. The van der Waals surface area contributed by atoms with Gasteiger partial charge in [0.25, 0.3) is 0 Å². The van der Waals surface area contributed by atoms with Crippen molar-refractivity contribution in [2.24, 2.45) is 0 Å². The molecule has 0 aliphatic rings. The summed E-state index contributed by atoms with van der Waals surface area (Å²) in [5.41, 5.74) is 0.594. The van der Waals surface area contributed by atoms with Crippen LogP contribution >= 0.6 is 0 Å². The van der Waals surface area contributed by atoms with Crippen molar-refractivity contribution in [2.45, 2.75) is 32.8 Å². The molecule has 1 aromatic carbocycles. The van der Waals surface area contributed by atoms with E-state index in [1.54, 1.807) is 0 Å². The molecule has 0 spiro atoms. The average Bonchev–Trinajstić information content (AvgIpc) is 2.99. The first kappa shape index (κ1) is 40.0. The number of hydrogen-bond donors (Lipinski definition) is 2. The summed E-state index contributed by atoms with van der Waals surface area (Å²) in [5, 5.41) is 11.3. The number of benzene rings is 1. The number of aliphatic hydroxyl groups is 1. The van der Waals surface area contributed by atoms with Crippen molar-refractivity contribution in [3.05, 3.63) is 29.8 Å². The Kier molecular flexibility index (Phi) is 25.8. The summed E-state index contributed by atoms with van der Waals surface area (Å²) in [7, 11) is 0. The summed E-state index contributed by atoms with van der Waals surface area (Å²) < 4.78 is 54.1. The Balaban J connectivity index is 1.78. The number of carbonyl (C=O) groups excluding carboxylic acids is 1. The van der Waals surface area contributed by atoms with Gasteiger partial charge in [0.15, 0.2) is 0 Å². The predicted molar refractivity (Wildman–Crippen MR) is 164 cm³/mol. The maximum absolute atomic E-state index is 11.7. The molecule has 0 unspecified atom stereocenters. The molecule has 1 amide bonds.